The maximum atomic E-state index is 13.2. The van der Waals surface area contributed by atoms with E-state index in [0.29, 0.717) is 16.9 Å². The number of aromatic nitrogens is 1. The van der Waals surface area contributed by atoms with Crippen molar-refractivity contribution in [3.05, 3.63) is 76.0 Å². The summed E-state index contributed by atoms with van der Waals surface area (Å²) >= 11 is 0. The minimum absolute atomic E-state index is 0.0929. The highest BCUT2D eigenvalue weighted by Gasteiger charge is 2.28. The van der Waals surface area contributed by atoms with Crippen LogP contribution in [0.25, 0.3) is 11.3 Å². The molecule has 1 aromatic heterocycles. The van der Waals surface area contributed by atoms with Gasteiger partial charge in [0, 0.05) is 23.6 Å². The van der Waals surface area contributed by atoms with Gasteiger partial charge in [-0.1, -0.05) is 47.1 Å². The number of carbonyl (C=O) groups is 3. The van der Waals surface area contributed by atoms with Gasteiger partial charge < -0.3 is 19.3 Å². The lowest BCUT2D eigenvalue weighted by Crippen LogP contribution is -2.45. The highest BCUT2D eigenvalue weighted by Crippen LogP contribution is 2.23. The van der Waals surface area contributed by atoms with E-state index in [1.807, 2.05) is 45.0 Å². The van der Waals surface area contributed by atoms with Crippen LogP contribution in [0.4, 0.5) is 0 Å². The van der Waals surface area contributed by atoms with E-state index in [-0.39, 0.29) is 24.6 Å². The molecule has 1 atom stereocenters. The fraction of sp³-hybridized carbons (Fsp3) is 0.379. The molecule has 0 bridgehead atoms. The number of esters is 2. The predicted molar refractivity (Wildman–Crippen MR) is 139 cm³/mol. The van der Waals surface area contributed by atoms with E-state index in [0.717, 1.165) is 22.3 Å². The molecule has 1 N–H and O–H groups in total. The first kappa shape index (κ1) is 27.6. The summed E-state index contributed by atoms with van der Waals surface area (Å²) in [5.74, 6) is -0.974. The van der Waals surface area contributed by atoms with Gasteiger partial charge in [-0.15, -0.1) is 0 Å². The van der Waals surface area contributed by atoms with Crippen molar-refractivity contribution in [2.75, 3.05) is 6.61 Å². The van der Waals surface area contributed by atoms with E-state index in [2.05, 4.69) is 10.5 Å². The van der Waals surface area contributed by atoms with Gasteiger partial charge in [-0.2, -0.15) is 0 Å². The first-order chi connectivity index (χ1) is 17.4. The zero-order valence-electron chi connectivity index (χ0n) is 22.4. The van der Waals surface area contributed by atoms with Crippen LogP contribution in [0, 0.1) is 20.8 Å². The van der Waals surface area contributed by atoms with E-state index in [9.17, 15) is 14.4 Å². The second-order valence-corrected chi connectivity index (χ2v) is 10.0. The Kier molecular flexibility index (Phi) is 8.53. The highest BCUT2D eigenvalue weighted by molar-refractivity contribution is 5.99. The Balaban J connectivity index is 1.81. The van der Waals surface area contributed by atoms with E-state index >= 15 is 0 Å². The smallest absolute Gasteiger partial charge is 0.360 e. The summed E-state index contributed by atoms with van der Waals surface area (Å²) in [6, 6.07) is 11.8. The standard InChI is InChI=1S/C29H34N2O6/c1-8-35-27(33)23-16-24(37-31-23)21-11-9-20(10-12-21)15-22(28(34)36-29(5,6)7)30-26(32)25-18(3)13-17(2)14-19(25)4/h9-14,16,22H,8,15H2,1-7H3,(H,30,32)/t22-/m0/s1. The molecule has 1 heterocycles. The van der Waals surface area contributed by atoms with Crippen molar-refractivity contribution in [3.63, 3.8) is 0 Å². The summed E-state index contributed by atoms with van der Waals surface area (Å²) in [6.07, 6.45) is 0.232. The summed E-state index contributed by atoms with van der Waals surface area (Å²) in [4.78, 5) is 38.1. The number of nitrogens with zero attached hydrogens (tertiary/aromatic N) is 1. The molecule has 8 heteroatoms. The van der Waals surface area contributed by atoms with Crippen molar-refractivity contribution in [3.8, 4) is 11.3 Å². The third-order valence-corrected chi connectivity index (χ3v) is 5.57. The highest BCUT2D eigenvalue weighted by atomic mass is 16.6. The number of ether oxygens (including phenoxy) is 2. The molecular formula is C29H34N2O6. The molecule has 1 amide bonds. The normalized spacial score (nSPS) is 12.1. The Morgan fingerprint density at radius 2 is 1.62 bits per heavy atom. The van der Waals surface area contributed by atoms with Gasteiger partial charge in [-0.25, -0.2) is 9.59 Å². The Morgan fingerprint density at radius 1 is 1.00 bits per heavy atom. The lowest BCUT2D eigenvalue weighted by molar-refractivity contribution is -0.157. The average Bonchev–Trinajstić information content (AvgIpc) is 3.28. The SMILES string of the molecule is CCOC(=O)c1cc(-c2ccc(C[C@H](NC(=O)c3c(C)cc(C)cc3C)C(=O)OC(C)(C)C)cc2)on1. The molecular weight excluding hydrogens is 472 g/mol. The molecule has 0 saturated carbocycles. The van der Waals surface area contributed by atoms with Crippen molar-refractivity contribution >= 4 is 17.8 Å². The van der Waals surface area contributed by atoms with Crippen molar-refractivity contribution < 1.29 is 28.4 Å². The van der Waals surface area contributed by atoms with Crippen molar-refractivity contribution in [2.24, 2.45) is 0 Å². The fourth-order valence-electron chi connectivity index (χ4n) is 4.09. The van der Waals surface area contributed by atoms with Gasteiger partial charge in [0.15, 0.2) is 11.5 Å². The van der Waals surface area contributed by atoms with E-state index < -0.39 is 23.6 Å². The van der Waals surface area contributed by atoms with Crippen LogP contribution in [0.15, 0.2) is 47.0 Å². The molecule has 0 aliphatic rings. The zero-order chi connectivity index (χ0) is 27.3. The number of nitrogens with one attached hydrogen (secondary N) is 1. The number of hydrogen-bond donors (Lipinski definition) is 1. The van der Waals surface area contributed by atoms with Crippen LogP contribution in [0.2, 0.25) is 0 Å². The van der Waals surface area contributed by atoms with Crippen LogP contribution in [-0.4, -0.2) is 41.3 Å². The Bertz CT molecular complexity index is 1260. The summed E-state index contributed by atoms with van der Waals surface area (Å²) in [6.45, 7) is 13.1. The Hall–Kier alpha value is -3.94. The monoisotopic (exact) mass is 506 g/mol. The molecule has 196 valence electrons. The van der Waals surface area contributed by atoms with Gasteiger partial charge in [0.05, 0.1) is 6.61 Å². The second-order valence-electron chi connectivity index (χ2n) is 10.0. The fourth-order valence-corrected chi connectivity index (χ4v) is 4.09. The lowest BCUT2D eigenvalue weighted by atomic mass is 9.98. The number of carbonyl (C=O) groups excluding carboxylic acids is 3. The minimum atomic E-state index is -0.890. The van der Waals surface area contributed by atoms with Crippen LogP contribution < -0.4 is 5.32 Å². The molecule has 0 spiro atoms. The molecule has 8 nitrogen and oxygen atoms in total. The molecule has 37 heavy (non-hydrogen) atoms. The summed E-state index contributed by atoms with van der Waals surface area (Å²) < 4.78 is 15.8. The van der Waals surface area contributed by atoms with Crippen molar-refractivity contribution in [1.82, 2.24) is 10.5 Å². The number of hydrogen-bond acceptors (Lipinski definition) is 7. The summed E-state index contributed by atoms with van der Waals surface area (Å²) in [5.41, 5.74) is 4.21. The lowest BCUT2D eigenvalue weighted by Gasteiger charge is -2.25. The van der Waals surface area contributed by atoms with Crippen LogP contribution in [-0.2, 0) is 20.7 Å². The molecule has 3 aromatic rings. The van der Waals surface area contributed by atoms with Crippen LogP contribution >= 0.6 is 0 Å². The number of amides is 1. The first-order valence-corrected chi connectivity index (χ1v) is 12.2. The predicted octanol–water partition coefficient (Wildman–Crippen LogP) is 5.13. The maximum Gasteiger partial charge on any atom is 0.360 e. The second kappa shape index (κ2) is 11.4. The molecule has 0 saturated heterocycles. The third kappa shape index (κ3) is 7.29. The largest absolute Gasteiger partial charge is 0.461 e. The summed E-state index contributed by atoms with van der Waals surface area (Å²) in [5, 5.41) is 6.65. The topological polar surface area (TPSA) is 108 Å². The van der Waals surface area contributed by atoms with Gasteiger partial charge in [-0.05, 0) is 65.2 Å². The van der Waals surface area contributed by atoms with Crippen LogP contribution in [0.1, 0.15) is 70.8 Å². The first-order valence-electron chi connectivity index (χ1n) is 12.2. The van der Waals surface area contributed by atoms with Gasteiger partial charge in [0.2, 0.25) is 0 Å². The number of rotatable bonds is 8. The van der Waals surface area contributed by atoms with Gasteiger partial charge in [0.1, 0.15) is 11.6 Å². The summed E-state index contributed by atoms with van der Waals surface area (Å²) in [7, 11) is 0. The molecule has 0 unspecified atom stereocenters. The maximum absolute atomic E-state index is 13.2. The quantitative estimate of drug-likeness (QED) is 0.422. The molecule has 0 radical (unpaired) electrons. The zero-order valence-corrected chi connectivity index (χ0v) is 22.4. The van der Waals surface area contributed by atoms with Gasteiger partial charge in [-0.3, -0.25) is 4.79 Å². The third-order valence-electron chi connectivity index (χ3n) is 5.57. The minimum Gasteiger partial charge on any atom is -0.461 e. The van der Waals surface area contributed by atoms with Crippen molar-refractivity contribution in [2.45, 2.75) is 66.5 Å². The molecule has 3 rings (SSSR count). The Morgan fingerprint density at radius 3 is 2.19 bits per heavy atom. The van der Waals surface area contributed by atoms with Crippen LogP contribution in [0.3, 0.4) is 0 Å². The van der Waals surface area contributed by atoms with E-state index in [4.69, 9.17) is 14.0 Å². The number of aryl methyl sites for hydroxylation is 3. The Labute approximate surface area is 217 Å². The molecule has 0 fully saturated rings. The molecule has 0 aliphatic heterocycles. The van der Waals surface area contributed by atoms with E-state index in [1.54, 1.807) is 39.8 Å². The average molecular weight is 507 g/mol. The number of benzene rings is 2. The van der Waals surface area contributed by atoms with Crippen LogP contribution in [0.5, 0.6) is 0 Å². The van der Waals surface area contributed by atoms with E-state index in [1.165, 1.54) is 6.07 Å². The van der Waals surface area contributed by atoms with Crippen molar-refractivity contribution in [1.29, 1.82) is 0 Å². The molecule has 2 aromatic carbocycles. The molecule has 0 aliphatic carbocycles. The van der Waals surface area contributed by atoms with Gasteiger partial charge >= 0.3 is 11.9 Å². The van der Waals surface area contributed by atoms with Gasteiger partial charge in [0.25, 0.3) is 5.91 Å².